The lowest BCUT2D eigenvalue weighted by Gasteiger charge is -2.09. The van der Waals surface area contributed by atoms with Crippen LogP contribution in [0.5, 0.6) is 0 Å². The average molecular weight is 477 g/mol. The van der Waals surface area contributed by atoms with Crippen LogP contribution in [0.2, 0.25) is 0 Å². The molecule has 0 unspecified atom stereocenters. The van der Waals surface area contributed by atoms with Gasteiger partial charge in [-0.05, 0) is 30.5 Å². The number of nitrogens with zero attached hydrogens (tertiary/aromatic N) is 4. The van der Waals surface area contributed by atoms with E-state index in [2.05, 4.69) is 72.5 Å². The van der Waals surface area contributed by atoms with Gasteiger partial charge in [-0.15, -0.1) is 21.5 Å². The van der Waals surface area contributed by atoms with Crippen molar-refractivity contribution in [3.05, 3.63) is 86.7 Å². The summed E-state index contributed by atoms with van der Waals surface area (Å²) in [7, 11) is 0. The van der Waals surface area contributed by atoms with Gasteiger partial charge in [0.15, 0.2) is 5.82 Å². The normalized spacial score (nSPS) is 14.4. The van der Waals surface area contributed by atoms with Crippen molar-refractivity contribution in [3.8, 4) is 11.3 Å². The van der Waals surface area contributed by atoms with Gasteiger partial charge in [0.2, 0.25) is 0 Å². The van der Waals surface area contributed by atoms with Crippen molar-refractivity contribution in [3.63, 3.8) is 0 Å². The molecule has 0 radical (unpaired) electrons. The van der Waals surface area contributed by atoms with Gasteiger partial charge >= 0.3 is 0 Å². The SMILES string of the molecule is Brc1ccccc1C=C(c1nc(-c2ccccc2)cs1)c1nnc2n1CCCCC2. The Morgan fingerprint density at radius 1 is 0.967 bits per heavy atom. The third-order valence-electron chi connectivity index (χ3n) is 5.36. The fourth-order valence-corrected chi connectivity index (χ4v) is 5.03. The number of hydrogen-bond donors (Lipinski definition) is 0. The highest BCUT2D eigenvalue weighted by Crippen LogP contribution is 2.33. The molecule has 1 aliphatic rings. The number of halogens is 1. The lowest BCUT2D eigenvalue weighted by molar-refractivity contribution is 0.627. The fourth-order valence-electron chi connectivity index (χ4n) is 3.79. The van der Waals surface area contributed by atoms with E-state index in [1.165, 1.54) is 12.8 Å². The molecule has 0 spiro atoms. The van der Waals surface area contributed by atoms with Crippen LogP contribution in [-0.2, 0) is 13.0 Å². The Morgan fingerprint density at radius 2 is 1.80 bits per heavy atom. The first-order valence-electron chi connectivity index (χ1n) is 10.2. The largest absolute Gasteiger partial charge is 0.311 e. The molecule has 0 amide bonds. The Balaban J connectivity index is 1.64. The summed E-state index contributed by atoms with van der Waals surface area (Å²) in [5, 5.41) is 12.2. The second-order valence-corrected chi connectivity index (χ2v) is 9.10. The second-order valence-electron chi connectivity index (χ2n) is 7.39. The van der Waals surface area contributed by atoms with Gasteiger partial charge in [0.05, 0.1) is 11.3 Å². The molecule has 5 rings (SSSR count). The first kappa shape index (κ1) is 19.4. The Kier molecular flexibility index (Phi) is 5.60. The molecule has 2 aromatic carbocycles. The molecule has 4 nitrogen and oxygen atoms in total. The highest BCUT2D eigenvalue weighted by Gasteiger charge is 2.21. The Bertz CT molecular complexity index is 1190. The van der Waals surface area contributed by atoms with Crippen LogP contribution in [-0.4, -0.2) is 19.7 Å². The van der Waals surface area contributed by atoms with Crippen LogP contribution in [0, 0.1) is 0 Å². The Hall–Kier alpha value is -2.57. The van der Waals surface area contributed by atoms with E-state index in [0.29, 0.717) is 0 Å². The van der Waals surface area contributed by atoms with Crippen molar-refractivity contribution in [2.24, 2.45) is 0 Å². The van der Waals surface area contributed by atoms with Crippen molar-refractivity contribution in [1.29, 1.82) is 0 Å². The maximum atomic E-state index is 4.99. The summed E-state index contributed by atoms with van der Waals surface area (Å²) in [5.41, 5.74) is 4.24. The standard InChI is InChI=1S/C24H21BrN4S/c25-20-12-7-6-11-18(20)15-19(23-28-27-22-13-5-2-8-14-29(22)23)24-26-21(16-30-24)17-9-3-1-4-10-17/h1,3-4,6-7,9-12,15-16H,2,5,8,13-14H2. The molecule has 2 aromatic heterocycles. The number of hydrogen-bond acceptors (Lipinski definition) is 4. The van der Waals surface area contributed by atoms with Gasteiger partial charge in [-0.2, -0.15) is 0 Å². The van der Waals surface area contributed by atoms with Crippen molar-refractivity contribution < 1.29 is 0 Å². The first-order chi connectivity index (χ1) is 14.8. The monoisotopic (exact) mass is 476 g/mol. The zero-order valence-corrected chi connectivity index (χ0v) is 18.9. The van der Waals surface area contributed by atoms with Gasteiger partial charge in [0.25, 0.3) is 0 Å². The van der Waals surface area contributed by atoms with Crippen LogP contribution in [0.1, 0.15) is 41.5 Å². The van der Waals surface area contributed by atoms with E-state index in [1.807, 2.05) is 24.3 Å². The molecule has 0 fully saturated rings. The van der Waals surface area contributed by atoms with Crippen molar-refractivity contribution in [1.82, 2.24) is 19.7 Å². The number of thiazole rings is 1. The summed E-state index contributed by atoms with van der Waals surface area (Å²) in [5.74, 6) is 2.00. The number of fused-ring (bicyclic) bond motifs is 1. The molecule has 0 atom stereocenters. The third kappa shape index (κ3) is 3.89. The van der Waals surface area contributed by atoms with Gasteiger partial charge in [-0.3, -0.25) is 0 Å². The van der Waals surface area contributed by atoms with E-state index in [1.54, 1.807) is 11.3 Å². The molecule has 6 heteroatoms. The van der Waals surface area contributed by atoms with E-state index in [-0.39, 0.29) is 0 Å². The van der Waals surface area contributed by atoms with Gasteiger partial charge < -0.3 is 4.57 Å². The predicted molar refractivity (Wildman–Crippen MR) is 126 cm³/mol. The molecule has 150 valence electrons. The average Bonchev–Trinajstić information content (AvgIpc) is 3.36. The Labute approximate surface area is 188 Å². The lowest BCUT2D eigenvalue weighted by Crippen LogP contribution is -2.06. The second kappa shape index (κ2) is 8.66. The summed E-state index contributed by atoms with van der Waals surface area (Å²) in [4.78, 5) is 4.99. The molecule has 0 saturated heterocycles. The molecular formula is C24H21BrN4S. The summed E-state index contributed by atoms with van der Waals surface area (Å²) >= 11 is 5.34. The molecule has 3 heterocycles. The lowest BCUT2D eigenvalue weighted by atomic mass is 10.1. The van der Waals surface area contributed by atoms with Crippen LogP contribution in [0.3, 0.4) is 0 Å². The zero-order valence-electron chi connectivity index (χ0n) is 16.5. The summed E-state index contributed by atoms with van der Waals surface area (Å²) < 4.78 is 3.34. The van der Waals surface area contributed by atoms with Gasteiger partial charge in [-0.25, -0.2) is 4.98 Å². The van der Waals surface area contributed by atoms with Gasteiger partial charge in [0, 0.05) is 28.4 Å². The van der Waals surface area contributed by atoms with Crippen LogP contribution >= 0.6 is 27.3 Å². The van der Waals surface area contributed by atoms with Crippen LogP contribution in [0.4, 0.5) is 0 Å². The molecule has 0 bridgehead atoms. The molecule has 4 aromatic rings. The Morgan fingerprint density at radius 3 is 2.67 bits per heavy atom. The van der Waals surface area contributed by atoms with Crippen LogP contribution < -0.4 is 0 Å². The number of aryl methyl sites for hydroxylation is 1. The van der Waals surface area contributed by atoms with E-state index >= 15 is 0 Å². The maximum absolute atomic E-state index is 4.99. The van der Waals surface area contributed by atoms with E-state index in [9.17, 15) is 0 Å². The predicted octanol–water partition coefficient (Wildman–Crippen LogP) is 6.48. The smallest absolute Gasteiger partial charge is 0.167 e. The molecular weight excluding hydrogens is 456 g/mol. The molecule has 1 aliphatic heterocycles. The van der Waals surface area contributed by atoms with E-state index in [0.717, 1.165) is 62.9 Å². The quantitative estimate of drug-likeness (QED) is 0.338. The molecule has 0 aliphatic carbocycles. The summed E-state index contributed by atoms with van der Waals surface area (Å²) in [6, 6.07) is 18.6. The number of benzene rings is 2. The summed E-state index contributed by atoms with van der Waals surface area (Å²) in [6.07, 6.45) is 6.74. The number of rotatable bonds is 4. The highest BCUT2D eigenvalue weighted by molar-refractivity contribution is 9.10. The minimum absolute atomic E-state index is 0.914. The first-order valence-corrected chi connectivity index (χ1v) is 11.9. The summed E-state index contributed by atoms with van der Waals surface area (Å²) in [6.45, 7) is 0.960. The van der Waals surface area contributed by atoms with Crippen molar-refractivity contribution in [2.45, 2.75) is 32.2 Å². The van der Waals surface area contributed by atoms with E-state index < -0.39 is 0 Å². The van der Waals surface area contributed by atoms with Crippen LogP contribution in [0.25, 0.3) is 22.9 Å². The van der Waals surface area contributed by atoms with Gasteiger partial charge in [-0.1, -0.05) is 70.9 Å². The maximum Gasteiger partial charge on any atom is 0.167 e. The minimum atomic E-state index is 0.914. The molecule has 0 N–H and O–H groups in total. The third-order valence-corrected chi connectivity index (χ3v) is 6.96. The molecule has 30 heavy (non-hydrogen) atoms. The van der Waals surface area contributed by atoms with Crippen molar-refractivity contribution in [2.75, 3.05) is 0 Å². The van der Waals surface area contributed by atoms with Crippen LogP contribution in [0.15, 0.2) is 64.5 Å². The van der Waals surface area contributed by atoms with E-state index in [4.69, 9.17) is 4.98 Å². The van der Waals surface area contributed by atoms with Crippen molar-refractivity contribution >= 4 is 38.9 Å². The topological polar surface area (TPSA) is 43.6 Å². The number of aromatic nitrogens is 4. The zero-order chi connectivity index (χ0) is 20.3. The fraction of sp³-hybridized carbons (Fsp3) is 0.208. The highest BCUT2D eigenvalue weighted by atomic mass is 79.9. The minimum Gasteiger partial charge on any atom is -0.311 e. The van der Waals surface area contributed by atoms with Gasteiger partial charge in [0.1, 0.15) is 10.8 Å². The molecule has 0 saturated carbocycles.